The highest BCUT2D eigenvalue weighted by molar-refractivity contribution is 6.31. The minimum atomic E-state index is -0.601. The second-order valence-corrected chi connectivity index (χ2v) is 10.8. The molecule has 3 aromatic rings. The maximum absolute atomic E-state index is 13.7. The topological polar surface area (TPSA) is 85.8 Å². The number of anilines is 2. The Kier molecular flexibility index (Phi) is 7.59. The average molecular weight is 543 g/mol. The van der Waals surface area contributed by atoms with Gasteiger partial charge in [-0.3, -0.25) is 9.69 Å². The molecule has 2 heterocycles. The number of carbonyl (C=O) groups is 1. The molecule has 38 heavy (non-hydrogen) atoms. The second-order valence-electron chi connectivity index (χ2n) is 10.4. The lowest BCUT2D eigenvalue weighted by Crippen LogP contribution is -2.55. The second kappa shape index (κ2) is 10.9. The van der Waals surface area contributed by atoms with Crippen LogP contribution in [0.4, 0.5) is 15.9 Å². The number of aromatic nitrogens is 2. The normalized spacial score (nSPS) is 18.8. The molecule has 10 heteroatoms. The molecule has 0 spiro atoms. The van der Waals surface area contributed by atoms with Crippen LogP contribution in [0, 0.1) is 5.82 Å². The van der Waals surface area contributed by atoms with Gasteiger partial charge in [0.25, 0.3) is 0 Å². The molecule has 202 valence electrons. The first kappa shape index (κ1) is 26.4. The number of hydrogen-bond acceptors (Lipinski definition) is 8. The number of nitrogens with one attached hydrogen (secondary N) is 1. The molecular formula is C28H32ClFN4O4. The lowest BCUT2D eigenvalue weighted by atomic mass is 10.1. The van der Waals surface area contributed by atoms with Gasteiger partial charge < -0.3 is 19.5 Å². The number of carbonyl (C=O) groups excluding carboxylic acids is 1. The molecule has 1 N–H and O–H groups in total. The first-order valence-electron chi connectivity index (χ1n) is 13.0. The summed E-state index contributed by atoms with van der Waals surface area (Å²) in [5.41, 5.74) is 0.647. The van der Waals surface area contributed by atoms with E-state index in [4.69, 9.17) is 25.8 Å². The highest BCUT2D eigenvalue weighted by Gasteiger charge is 2.37. The van der Waals surface area contributed by atoms with E-state index in [1.807, 2.05) is 37.8 Å². The fourth-order valence-corrected chi connectivity index (χ4v) is 5.27. The summed E-state index contributed by atoms with van der Waals surface area (Å²) >= 11 is 5.98. The summed E-state index contributed by atoms with van der Waals surface area (Å²) in [6.45, 7) is 6.53. The van der Waals surface area contributed by atoms with Crippen molar-refractivity contribution in [2.24, 2.45) is 0 Å². The van der Waals surface area contributed by atoms with Gasteiger partial charge in [0.2, 0.25) is 0 Å². The van der Waals surface area contributed by atoms with Crippen LogP contribution in [-0.2, 0) is 9.53 Å². The van der Waals surface area contributed by atoms with Gasteiger partial charge >= 0.3 is 5.97 Å². The number of cyclic esters (lactones) is 1. The van der Waals surface area contributed by atoms with Gasteiger partial charge in [-0.15, -0.1) is 0 Å². The number of esters is 1. The fourth-order valence-electron chi connectivity index (χ4n) is 5.09. The van der Waals surface area contributed by atoms with Crippen LogP contribution in [0.25, 0.3) is 10.9 Å². The van der Waals surface area contributed by atoms with Crippen molar-refractivity contribution >= 4 is 40.0 Å². The zero-order valence-corrected chi connectivity index (χ0v) is 22.6. The Hall–Kier alpha value is -3.17. The van der Waals surface area contributed by atoms with E-state index in [1.165, 1.54) is 18.5 Å². The molecule has 0 amide bonds. The van der Waals surface area contributed by atoms with Crippen molar-refractivity contribution < 1.29 is 23.4 Å². The minimum absolute atomic E-state index is 0.0182. The SMILES string of the molecule is CCC(Oc1cc2ncnc(Nc3ccc(F)c(Cl)c3)c2cc1OC1CCCC1)N1CC(=O)OC(C)(C)C1. The number of hydrogen-bond donors (Lipinski definition) is 1. The van der Waals surface area contributed by atoms with E-state index in [0.717, 1.165) is 31.1 Å². The predicted octanol–water partition coefficient (Wildman–Crippen LogP) is 6.24. The summed E-state index contributed by atoms with van der Waals surface area (Å²) in [5.74, 6) is 0.926. The van der Waals surface area contributed by atoms with Crippen LogP contribution in [0.2, 0.25) is 5.02 Å². The standard InChI is InChI=1S/C28H32ClFN4O4/c1-4-25(34-14-26(35)38-28(2,3)15-34)37-24-13-22-19(12-23(24)36-18-7-5-6-8-18)27(32-16-31-22)33-17-9-10-21(30)20(29)11-17/h9-13,16,18,25H,4-8,14-15H2,1-3H3,(H,31,32,33). The van der Waals surface area contributed by atoms with Crippen molar-refractivity contribution in [3.05, 3.63) is 47.5 Å². The van der Waals surface area contributed by atoms with Crippen molar-refractivity contribution in [2.75, 3.05) is 18.4 Å². The van der Waals surface area contributed by atoms with E-state index in [9.17, 15) is 9.18 Å². The fraction of sp³-hybridized carbons (Fsp3) is 0.464. The van der Waals surface area contributed by atoms with Crippen LogP contribution in [-0.4, -0.2) is 51.9 Å². The van der Waals surface area contributed by atoms with Crippen molar-refractivity contribution in [1.29, 1.82) is 0 Å². The third kappa shape index (κ3) is 5.94. The van der Waals surface area contributed by atoms with Crippen LogP contribution in [0.15, 0.2) is 36.7 Å². The third-order valence-corrected chi connectivity index (χ3v) is 7.09. The number of morpholine rings is 1. The first-order chi connectivity index (χ1) is 18.2. The van der Waals surface area contributed by atoms with Crippen LogP contribution in [0.3, 0.4) is 0 Å². The maximum Gasteiger partial charge on any atom is 0.320 e. The van der Waals surface area contributed by atoms with Gasteiger partial charge in [0.05, 0.1) is 23.2 Å². The summed E-state index contributed by atoms with van der Waals surface area (Å²) in [4.78, 5) is 23.2. The van der Waals surface area contributed by atoms with E-state index in [0.29, 0.717) is 41.5 Å². The average Bonchev–Trinajstić information content (AvgIpc) is 3.37. The molecule has 2 aromatic carbocycles. The molecule has 0 bridgehead atoms. The number of ether oxygens (including phenoxy) is 3. The first-order valence-corrected chi connectivity index (χ1v) is 13.4. The lowest BCUT2D eigenvalue weighted by Gasteiger charge is -2.40. The Morgan fingerprint density at radius 3 is 2.71 bits per heavy atom. The Bertz CT molecular complexity index is 1330. The summed E-state index contributed by atoms with van der Waals surface area (Å²) in [6.07, 6.45) is 6.05. The Morgan fingerprint density at radius 2 is 2.00 bits per heavy atom. The number of benzene rings is 2. The molecule has 1 aromatic heterocycles. The largest absolute Gasteiger partial charge is 0.487 e. The van der Waals surface area contributed by atoms with Gasteiger partial charge in [-0.1, -0.05) is 18.5 Å². The monoisotopic (exact) mass is 542 g/mol. The van der Waals surface area contributed by atoms with Crippen molar-refractivity contribution in [1.82, 2.24) is 14.9 Å². The van der Waals surface area contributed by atoms with Gasteiger partial charge in [-0.05, 0) is 70.2 Å². The molecule has 1 aliphatic carbocycles. The van der Waals surface area contributed by atoms with Gasteiger partial charge in [0.1, 0.15) is 23.6 Å². The molecule has 0 radical (unpaired) electrons. The highest BCUT2D eigenvalue weighted by atomic mass is 35.5. The summed E-state index contributed by atoms with van der Waals surface area (Å²) in [5, 5.41) is 3.96. The summed E-state index contributed by atoms with van der Waals surface area (Å²) in [7, 11) is 0. The lowest BCUT2D eigenvalue weighted by molar-refractivity contribution is -0.177. The van der Waals surface area contributed by atoms with Crippen molar-refractivity contribution in [2.45, 2.75) is 70.8 Å². The van der Waals surface area contributed by atoms with E-state index < -0.39 is 11.4 Å². The van der Waals surface area contributed by atoms with Crippen LogP contribution < -0.4 is 14.8 Å². The maximum atomic E-state index is 13.7. The molecule has 1 saturated carbocycles. The number of rotatable bonds is 8. The molecule has 2 aliphatic rings. The molecule has 1 atom stereocenters. The highest BCUT2D eigenvalue weighted by Crippen LogP contribution is 2.39. The number of halogens is 2. The third-order valence-electron chi connectivity index (χ3n) is 6.80. The smallest absolute Gasteiger partial charge is 0.320 e. The van der Waals surface area contributed by atoms with E-state index in [2.05, 4.69) is 15.3 Å². The summed E-state index contributed by atoms with van der Waals surface area (Å²) in [6, 6.07) is 8.14. The molecule has 1 saturated heterocycles. The van der Waals surface area contributed by atoms with E-state index in [1.54, 1.807) is 6.07 Å². The molecular weight excluding hydrogens is 511 g/mol. The zero-order valence-electron chi connectivity index (χ0n) is 21.8. The van der Waals surface area contributed by atoms with Gasteiger partial charge in [0.15, 0.2) is 17.7 Å². The van der Waals surface area contributed by atoms with Gasteiger partial charge in [-0.2, -0.15) is 0 Å². The number of nitrogens with zero attached hydrogens (tertiary/aromatic N) is 3. The predicted molar refractivity (Wildman–Crippen MR) is 144 cm³/mol. The summed E-state index contributed by atoms with van der Waals surface area (Å²) < 4.78 is 32.1. The van der Waals surface area contributed by atoms with Crippen LogP contribution >= 0.6 is 11.6 Å². The molecule has 1 aliphatic heterocycles. The van der Waals surface area contributed by atoms with E-state index >= 15 is 0 Å². The Morgan fingerprint density at radius 1 is 1.21 bits per heavy atom. The molecule has 2 fully saturated rings. The molecule has 8 nitrogen and oxygen atoms in total. The van der Waals surface area contributed by atoms with E-state index in [-0.39, 0.29) is 29.9 Å². The van der Waals surface area contributed by atoms with Crippen LogP contribution in [0.1, 0.15) is 52.9 Å². The van der Waals surface area contributed by atoms with Crippen molar-refractivity contribution in [3.63, 3.8) is 0 Å². The quantitative estimate of drug-likeness (QED) is 0.335. The zero-order chi connectivity index (χ0) is 26.9. The molecule has 1 unspecified atom stereocenters. The van der Waals surface area contributed by atoms with Crippen molar-refractivity contribution in [3.8, 4) is 11.5 Å². The van der Waals surface area contributed by atoms with Gasteiger partial charge in [0, 0.05) is 23.7 Å². The Balaban J connectivity index is 1.50. The molecule has 5 rings (SSSR count). The number of fused-ring (bicyclic) bond motifs is 1. The van der Waals surface area contributed by atoms with Gasteiger partial charge in [-0.25, -0.2) is 14.4 Å². The Labute approximate surface area is 226 Å². The minimum Gasteiger partial charge on any atom is -0.487 e. The van der Waals surface area contributed by atoms with Crippen LogP contribution in [0.5, 0.6) is 11.5 Å².